The summed E-state index contributed by atoms with van der Waals surface area (Å²) < 4.78 is 10.4. The van der Waals surface area contributed by atoms with E-state index in [1.54, 1.807) is 37.3 Å². The Morgan fingerprint density at radius 2 is 2.00 bits per heavy atom. The second kappa shape index (κ2) is 8.98. The van der Waals surface area contributed by atoms with E-state index < -0.39 is 11.9 Å². The van der Waals surface area contributed by atoms with E-state index in [0.29, 0.717) is 28.2 Å². The van der Waals surface area contributed by atoms with Gasteiger partial charge in [0.1, 0.15) is 10.8 Å². The maximum Gasteiger partial charge on any atom is 0.341 e. The molecule has 25 heavy (non-hydrogen) atoms. The number of benzene rings is 1. The van der Waals surface area contributed by atoms with Crippen molar-refractivity contribution in [2.75, 3.05) is 18.5 Å². The Morgan fingerprint density at radius 3 is 2.68 bits per heavy atom. The lowest BCUT2D eigenvalue weighted by Crippen LogP contribution is -2.21. The lowest BCUT2D eigenvalue weighted by molar-refractivity contribution is -0.118. The highest BCUT2D eigenvalue weighted by atomic mass is 32.1. The highest BCUT2D eigenvalue weighted by Crippen LogP contribution is 2.29. The number of esters is 1. The molecular weight excluding hydrogens is 342 g/mol. The maximum absolute atomic E-state index is 12.1. The second-order valence-corrected chi connectivity index (χ2v) is 6.16. The number of aldehydes is 1. The molecule has 0 aliphatic carbocycles. The molecule has 0 aliphatic rings. The molecule has 0 spiro atoms. The summed E-state index contributed by atoms with van der Waals surface area (Å²) in [6, 6.07) is 8.36. The van der Waals surface area contributed by atoms with Crippen LogP contribution >= 0.6 is 11.3 Å². The Kier molecular flexibility index (Phi) is 6.71. The Bertz CT molecular complexity index is 769. The predicted octanol–water partition coefficient (Wildman–Crippen LogP) is 3.32. The number of ether oxygens (including phenoxy) is 2. The van der Waals surface area contributed by atoms with E-state index in [-0.39, 0.29) is 13.2 Å². The number of carbonyl (C=O) groups is 3. The summed E-state index contributed by atoms with van der Waals surface area (Å²) >= 11 is 1.33. The molecule has 6 nitrogen and oxygen atoms in total. The normalized spacial score (nSPS) is 10.2. The SMILES string of the molecule is CCOC(=O)c1cc(CC)sc1NC(=O)COc1ccccc1C=O. The van der Waals surface area contributed by atoms with Gasteiger partial charge in [0.25, 0.3) is 5.91 Å². The first kappa shape index (κ1) is 18.7. The molecule has 1 N–H and O–H groups in total. The third kappa shape index (κ3) is 4.90. The lowest BCUT2D eigenvalue weighted by Gasteiger charge is -2.09. The summed E-state index contributed by atoms with van der Waals surface area (Å²) in [5.41, 5.74) is 0.706. The fourth-order valence-corrected chi connectivity index (χ4v) is 3.09. The second-order valence-electron chi connectivity index (χ2n) is 5.02. The van der Waals surface area contributed by atoms with Crippen molar-refractivity contribution < 1.29 is 23.9 Å². The summed E-state index contributed by atoms with van der Waals surface area (Å²) in [6.45, 7) is 3.68. The van der Waals surface area contributed by atoms with E-state index in [9.17, 15) is 14.4 Å². The fourth-order valence-electron chi connectivity index (χ4n) is 2.08. The van der Waals surface area contributed by atoms with Crippen LogP contribution in [0, 0.1) is 0 Å². The molecule has 132 valence electrons. The number of thiophene rings is 1. The van der Waals surface area contributed by atoms with Crippen molar-refractivity contribution >= 4 is 34.5 Å². The van der Waals surface area contributed by atoms with E-state index in [1.165, 1.54) is 11.3 Å². The van der Waals surface area contributed by atoms with Gasteiger partial charge >= 0.3 is 5.97 Å². The van der Waals surface area contributed by atoms with Crippen LogP contribution in [0.15, 0.2) is 30.3 Å². The zero-order valence-corrected chi connectivity index (χ0v) is 14.9. The Morgan fingerprint density at radius 1 is 1.24 bits per heavy atom. The molecule has 0 atom stereocenters. The van der Waals surface area contributed by atoms with Crippen LogP contribution in [-0.2, 0) is 16.0 Å². The Labute approximate surface area is 149 Å². The van der Waals surface area contributed by atoms with Gasteiger partial charge in [-0.25, -0.2) is 4.79 Å². The number of aryl methyl sites for hydroxylation is 1. The largest absolute Gasteiger partial charge is 0.483 e. The summed E-state index contributed by atoms with van der Waals surface area (Å²) in [4.78, 5) is 36.1. The predicted molar refractivity (Wildman–Crippen MR) is 95.6 cm³/mol. The molecular formula is C18H19NO5S. The molecule has 2 aromatic rings. The van der Waals surface area contributed by atoms with Crippen molar-refractivity contribution in [1.29, 1.82) is 0 Å². The quantitative estimate of drug-likeness (QED) is 0.576. The average molecular weight is 361 g/mol. The van der Waals surface area contributed by atoms with Crippen LogP contribution in [0.1, 0.15) is 39.4 Å². The Balaban J connectivity index is 2.06. The number of nitrogens with one attached hydrogen (secondary N) is 1. The highest BCUT2D eigenvalue weighted by Gasteiger charge is 2.19. The first-order chi connectivity index (χ1) is 12.1. The van der Waals surface area contributed by atoms with E-state index in [4.69, 9.17) is 9.47 Å². The molecule has 0 aliphatic heterocycles. The van der Waals surface area contributed by atoms with Gasteiger partial charge in [-0.15, -0.1) is 11.3 Å². The molecule has 1 heterocycles. The summed E-state index contributed by atoms with van der Waals surface area (Å²) in [5.74, 6) is -0.560. The minimum Gasteiger partial charge on any atom is -0.483 e. The van der Waals surface area contributed by atoms with Crippen LogP contribution in [0.2, 0.25) is 0 Å². The molecule has 0 saturated carbocycles. The van der Waals surface area contributed by atoms with Gasteiger partial charge in [-0.1, -0.05) is 19.1 Å². The van der Waals surface area contributed by atoms with Gasteiger partial charge in [0.05, 0.1) is 17.7 Å². The molecule has 0 fully saturated rings. The van der Waals surface area contributed by atoms with E-state index >= 15 is 0 Å². The van der Waals surface area contributed by atoms with Crippen molar-refractivity contribution in [2.45, 2.75) is 20.3 Å². The van der Waals surface area contributed by atoms with Crippen molar-refractivity contribution in [3.8, 4) is 5.75 Å². The number of anilines is 1. The number of rotatable bonds is 8. The van der Waals surface area contributed by atoms with Gasteiger partial charge in [0.2, 0.25) is 0 Å². The van der Waals surface area contributed by atoms with Crippen LogP contribution in [0.3, 0.4) is 0 Å². The molecule has 0 saturated heterocycles. The van der Waals surface area contributed by atoms with Crippen molar-refractivity contribution in [2.24, 2.45) is 0 Å². The van der Waals surface area contributed by atoms with Gasteiger partial charge < -0.3 is 14.8 Å². The number of amides is 1. The average Bonchev–Trinajstić information content (AvgIpc) is 3.03. The smallest absolute Gasteiger partial charge is 0.341 e. The number of carbonyl (C=O) groups excluding carboxylic acids is 3. The van der Waals surface area contributed by atoms with Crippen LogP contribution in [0.4, 0.5) is 5.00 Å². The Hall–Kier alpha value is -2.67. The molecule has 2 rings (SSSR count). The minimum absolute atomic E-state index is 0.259. The van der Waals surface area contributed by atoms with Crippen molar-refractivity contribution in [3.63, 3.8) is 0 Å². The number of hydrogen-bond acceptors (Lipinski definition) is 6. The minimum atomic E-state index is -0.471. The topological polar surface area (TPSA) is 81.7 Å². The van der Waals surface area contributed by atoms with Gasteiger partial charge in [-0.2, -0.15) is 0 Å². The lowest BCUT2D eigenvalue weighted by atomic mass is 10.2. The number of hydrogen-bond donors (Lipinski definition) is 1. The third-order valence-corrected chi connectivity index (χ3v) is 4.48. The molecule has 1 aromatic carbocycles. The molecule has 0 unspecified atom stereocenters. The summed E-state index contributed by atoms with van der Waals surface area (Å²) in [6.07, 6.45) is 1.41. The van der Waals surface area contributed by atoms with Gasteiger partial charge in [-0.05, 0) is 31.5 Å². The third-order valence-electron chi connectivity index (χ3n) is 3.28. The van der Waals surface area contributed by atoms with Crippen LogP contribution in [-0.4, -0.2) is 31.4 Å². The van der Waals surface area contributed by atoms with Gasteiger partial charge in [-0.3, -0.25) is 9.59 Å². The first-order valence-electron chi connectivity index (χ1n) is 7.85. The summed E-state index contributed by atoms with van der Waals surface area (Å²) in [7, 11) is 0. The van der Waals surface area contributed by atoms with E-state index in [1.807, 2.05) is 6.92 Å². The monoisotopic (exact) mass is 361 g/mol. The van der Waals surface area contributed by atoms with Crippen molar-refractivity contribution in [1.82, 2.24) is 0 Å². The molecule has 1 aromatic heterocycles. The van der Waals surface area contributed by atoms with E-state index in [2.05, 4.69) is 5.32 Å². The number of para-hydroxylation sites is 1. The van der Waals surface area contributed by atoms with Crippen LogP contribution in [0.5, 0.6) is 5.75 Å². The standard InChI is InChI=1S/C18H19NO5S/c1-3-13-9-14(18(22)23-4-2)17(25-13)19-16(21)11-24-15-8-6-5-7-12(15)10-20/h5-10H,3-4,11H2,1-2H3,(H,19,21). The fraction of sp³-hybridized carbons (Fsp3) is 0.278. The molecule has 0 bridgehead atoms. The zero-order valence-electron chi connectivity index (χ0n) is 14.0. The van der Waals surface area contributed by atoms with Gasteiger partial charge in [0.15, 0.2) is 12.9 Å². The molecule has 1 amide bonds. The van der Waals surface area contributed by atoms with E-state index in [0.717, 1.165) is 11.3 Å². The zero-order chi connectivity index (χ0) is 18.2. The van der Waals surface area contributed by atoms with Crippen LogP contribution in [0.25, 0.3) is 0 Å². The highest BCUT2D eigenvalue weighted by molar-refractivity contribution is 7.16. The maximum atomic E-state index is 12.1. The molecule has 0 radical (unpaired) electrons. The van der Waals surface area contributed by atoms with Crippen molar-refractivity contribution in [3.05, 3.63) is 46.3 Å². The van der Waals surface area contributed by atoms with Crippen LogP contribution < -0.4 is 10.1 Å². The summed E-state index contributed by atoms with van der Waals surface area (Å²) in [5, 5.41) is 3.12. The first-order valence-corrected chi connectivity index (χ1v) is 8.67. The molecule has 7 heteroatoms. The van der Waals surface area contributed by atoms with Gasteiger partial charge in [0, 0.05) is 4.88 Å².